The lowest BCUT2D eigenvalue weighted by Crippen LogP contribution is -2.19. The van der Waals surface area contributed by atoms with Crippen LogP contribution in [0.4, 0.5) is 18.9 Å². The third kappa shape index (κ3) is 4.70. The minimum Gasteiger partial charge on any atom is -0.321 e. The van der Waals surface area contributed by atoms with Gasteiger partial charge in [-0.15, -0.1) is 11.8 Å². The molecule has 0 bridgehead atoms. The molecule has 1 N–H and O–H groups in total. The Hall–Kier alpha value is -2.18. The Morgan fingerprint density at radius 1 is 1.24 bits per heavy atom. The number of fused-ring (bicyclic) bond motifs is 1. The molecule has 0 radical (unpaired) electrons. The number of hydrogen-bond acceptors (Lipinski definition) is 6. The normalized spacial score (nSPS) is 14.3. The van der Waals surface area contributed by atoms with E-state index in [0.29, 0.717) is 17.2 Å². The minimum atomic E-state index is -4.50. The van der Waals surface area contributed by atoms with Crippen LogP contribution in [0.3, 0.4) is 0 Å². The Bertz CT molecular complexity index is 1170. The average Bonchev–Trinajstić information content (AvgIpc) is 3.04. The van der Waals surface area contributed by atoms with Crippen molar-refractivity contribution >= 4 is 38.5 Å². The SMILES string of the molecule is CCSc1cc(N=S(C)(=O)N(C)C)cnc1-c1nc2cc(C(F)(F)F)cnc2[nH]1. The first kappa shape index (κ1) is 21.5. The first-order valence-electron chi connectivity index (χ1n) is 8.47. The summed E-state index contributed by atoms with van der Waals surface area (Å²) >= 11 is 1.47. The molecule has 0 aliphatic carbocycles. The topological polar surface area (TPSA) is 87.1 Å². The van der Waals surface area contributed by atoms with Crippen LogP contribution in [0.5, 0.6) is 0 Å². The van der Waals surface area contributed by atoms with Crippen molar-refractivity contribution in [1.29, 1.82) is 0 Å². The fraction of sp³-hybridized carbons (Fsp3) is 0.353. The standard InChI is InChI=1S/C17H19F3N6OS2/c1-5-28-13-7-11(25-29(4,27)26(2)3)9-21-14(13)16-23-12-6-10(17(18,19)20)8-22-15(12)24-16/h6-9H,5H2,1-4H3,(H,22,23,24). The second-order valence-corrected chi connectivity index (χ2v) is 10.1. The predicted molar refractivity (Wildman–Crippen MR) is 108 cm³/mol. The third-order valence-electron chi connectivity index (χ3n) is 3.98. The van der Waals surface area contributed by atoms with Gasteiger partial charge in [0.2, 0.25) is 0 Å². The zero-order valence-electron chi connectivity index (χ0n) is 16.1. The Morgan fingerprint density at radius 3 is 2.59 bits per heavy atom. The number of pyridine rings is 2. The molecule has 3 rings (SSSR count). The number of thioether (sulfide) groups is 1. The van der Waals surface area contributed by atoms with Crippen LogP contribution in [-0.4, -0.2) is 54.6 Å². The number of rotatable bonds is 5. The van der Waals surface area contributed by atoms with Crippen LogP contribution in [-0.2, 0) is 16.1 Å². The summed E-state index contributed by atoms with van der Waals surface area (Å²) in [6.07, 6.45) is -0.745. The molecule has 12 heteroatoms. The van der Waals surface area contributed by atoms with E-state index < -0.39 is 21.7 Å². The zero-order valence-corrected chi connectivity index (χ0v) is 17.7. The van der Waals surface area contributed by atoms with Crippen molar-refractivity contribution in [3.8, 4) is 11.5 Å². The zero-order chi connectivity index (χ0) is 21.4. The highest BCUT2D eigenvalue weighted by Gasteiger charge is 2.31. The smallest absolute Gasteiger partial charge is 0.321 e. The van der Waals surface area contributed by atoms with Gasteiger partial charge in [-0.25, -0.2) is 23.5 Å². The van der Waals surface area contributed by atoms with Gasteiger partial charge in [-0.2, -0.15) is 17.5 Å². The summed E-state index contributed by atoms with van der Waals surface area (Å²) in [5.41, 5.74) is 0.381. The van der Waals surface area contributed by atoms with Crippen molar-refractivity contribution in [2.45, 2.75) is 18.0 Å². The summed E-state index contributed by atoms with van der Waals surface area (Å²) < 4.78 is 57.0. The molecule has 0 saturated carbocycles. The number of hydrogen-bond donors (Lipinski definition) is 1. The first-order chi connectivity index (χ1) is 13.5. The number of halogens is 3. The van der Waals surface area contributed by atoms with Gasteiger partial charge in [0, 0.05) is 31.4 Å². The fourth-order valence-corrected chi connectivity index (χ4v) is 3.82. The van der Waals surface area contributed by atoms with Crippen LogP contribution in [0.15, 0.2) is 33.8 Å². The molecule has 0 spiro atoms. The van der Waals surface area contributed by atoms with Crippen LogP contribution in [0.1, 0.15) is 12.5 Å². The lowest BCUT2D eigenvalue weighted by molar-refractivity contribution is -0.137. The lowest BCUT2D eigenvalue weighted by Gasteiger charge is -2.12. The molecule has 3 heterocycles. The Balaban J connectivity index is 2.09. The van der Waals surface area contributed by atoms with Crippen molar-refractivity contribution < 1.29 is 17.4 Å². The monoisotopic (exact) mass is 444 g/mol. The van der Waals surface area contributed by atoms with Crippen LogP contribution < -0.4 is 0 Å². The van der Waals surface area contributed by atoms with Crippen molar-refractivity contribution in [3.63, 3.8) is 0 Å². The molecular formula is C17H19F3N6OS2. The van der Waals surface area contributed by atoms with E-state index in [1.807, 2.05) is 6.92 Å². The summed E-state index contributed by atoms with van der Waals surface area (Å²) in [5, 5.41) is 0. The van der Waals surface area contributed by atoms with E-state index in [2.05, 4.69) is 24.3 Å². The molecule has 156 valence electrons. The van der Waals surface area contributed by atoms with Gasteiger partial charge in [0.1, 0.15) is 21.1 Å². The Kier molecular flexibility index (Phi) is 5.88. The summed E-state index contributed by atoms with van der Waals surface area (Å²) in [5.74, 6) is 1.03. The van der Waals surface area contributed by atoms with Gasteiger partial charge in [-0.1, -0.05) is 6.92 Å². The van der Waals surface area contributed by atoms with E-state index in [4.69, 9.17) is 0 Å². The molecule has 0 aromatic carbocycles. The second kappa shape index (κ2) is 7.92. The van der Waals surface area contributed by atoms with Crippen LogP contribution in [0.2, 0.25) is 0 Å². The van der Waals surface area contributed by atoms with Crippen molar-refractivity contribution in [1.82, 2.24) is 24.2 Å². The molecule has 3 aromatic rings. The summed E-state index contributed by atoms with van der Waals surface area (Å²) in [7, 11) is 0.765. The summed E-state index contributed by atoms with van der Waals surface area (Å²) in [6, 6.07) is 2.69. The molecule has 0 aliphatic rings. The molecule has 29 heavy (non-hydrogen) atoms. The quantitative estimate of drug-likeness (QED) is 0.591. The van der Waals surface area contributed by atoms with Gasteiger partial charge in [-0.3, -0.25) is 0 Å². The summed E-state index contributed by atoms with van der Waals surface area (Å²) in [6.45, 7) is 1.96. The van der Waals surface area contributed by atoms with Gasteiger partial charge in [-0.05, 0) is 17.9 Å². The molecule has 3 aromatic heterocycles. The van der Waals surface area contributed by atoms with E-state index in [1.54, 1.807) is 20.2 Å². The van der Waals surface area contributed by atoms with E-state index in [0.717, 1.165) is 22.9 Å². The third-order valence-corrected chi connectivity index (χ3v) is 6.79. The van der Waals surface area contributed by atoms with E-state index in [9.17, 15) is 17.4 Å². The highest BCUT2D eigenvalue weighted by molar-refractivity contribution is 7.99. The van der Waals surface area contributed by atoms with Gasteiger partial charge in [0.15, 0.2) is 11.5 Å². The van der Waals surface area contributed by atoms with Crippen molar-refractivity contribution in [2.75, 3.05) is 26.1 Å². The van der Waals surface area contributed by atoms with E-state index >= 15 is 0 Å². The number of aromatic nitrogens is 4. The molecule has 0 fully saturated rings. The second-order valence-electron chi connectivity index (χ2n) is 6.31. The van der Waals surface area contributed by atoms with Gasteiger partial charge < -0.3 is 4.98 Å². The number of H-pyrrole nitrogens is 1. The summed E-state index contributed by atoms with van der Waals surface area (Å²) in [4.78, 5) is 16.1. The van der Waals surface area contributed by atoms with Crippen LogP contribution in [0.25, 0.3) is 22.7 Å². The maximum Gasteiger partial charge on any atom is 0.417 e. The van der Waals surface area contributed by atoms with E-state index in [1.165, 1.54) is 28.5 Å². The Morgan fingerprint density at radius 2 is 1.97 bits per heavy atom. The maximum absolute atomic E-state index is 12.9. The number of nitrogens with zero attached hydrogens (tertiary/aromatic N) is 5. The highest BCUT2D eigenvalue weighted by Crippen LogP contribution is 2.34. The van der Waals surface area contributed by atoms with Crippen molar-refractivity contribution in [2.24, 2.45) is 4.36 Å². The lowest BCUT2D eigenvalue weighted by atomic mass is 10.2. The maximum atomic E-state index is 12.9. The highest BCUT2D eigenvalue weighted by atomic mass is 32.2. The largest absolute Gasteiger partial charge is 0.417 e. The molecule has 0 aliphatic heterocycles. The first-order valence-corrected chi connectivity index (χ1v) is 11.3. The molecular weight excluding hydrogens is 425 g/mol. The predicted octanol–water partition coefficient (Wildman–Crippen LogP) is 4.36. The van der Waals surface area contributed by atoms with Crippen LogP contribution >= 0.6 is 11.8 Å². The minimum absolute atomic E-state index is 0.0991. The van der Waals surface area contributed by atoms with Gasteiger partial charge >= 0.3 is 6.18 Å². The number of imidazole rings is 1. The van der Waals surface area contributed by atoms with Crippen molar-refractivity contribution in [3.05, 3.63) is 30.1 Å². The average molecular weight is 445 g/mol. The van der Waals surface area contributed by atoms with E-state index in [-0.39, 0.29) is 11.2 Å². The Labute approximate surface area is 170 Å². The van der Waals surface area contributed by atoms with Gasteiger partial charge in [0.05, 0.1) is 17.4 Å². The molecule has 0 saturated heterocycles. The van der Waals surface area contributed by atoms with Crippen LogP contribution in [0, 0.1) is 0 Å². The number of aromatic amines is 1. The molecule has 0 amide bonds. The van der Waals surface area contributed by atoms with Gasteiger partial charge in [0.25, 0.3) is 0 Å². The molecule has 1 atom stereocenters. The molecule has 7 nitrogen and oxygen atoms in total. The number of nitrogens with one attached hydrogen (secondary N) is 1. The fourth-order valence-electron chi connectivity index (χ4n) is 2.37. The molecule has 1 unspecified atom stereocenters. The number of alkyl halides is 3.